The third-order valence-corrected chi connectivity index (χ3v) is 3.45. The highest BCUT2D eigenvalue weighted by Gasteiger charge is 2.15. The molecule has 1 N–H and O–H groups in total. The smallest absolute Gasteiger partial charge is 0.131 e. The van der Waals surface area contributed by atoms with Crippen molar-refractivity contribution in [2.75, 3.05) is 6.61 Å². The summed E-state index contributed by atoms with van der Waals surface area (Å²) in [5.41, 5.74) is 1.18. The van der Waals surface area contributed by atoms with E-state index in [1.807, 2.05) is 12.1 Å². The van der Waals surface area contributed by atoms with Crippen LogP contribution < -0.4 is 10.1 Å². The van der Waals surface area contributed by atoms with Crippen LogP contribution in [0.1, 0.15) is 38.8 Å². The molecule has 0 bridgehead atoms. The van der Waals surface area contributed by atoms with Gasteiger partial charge < -0.3 is 10.1 Å². The molecule has 1 unspecified atom stereocenters. The van der Waals surface area contributed by atoms with Gasteiger partial charge in [0.25, 0.3) is 0 Å². The molecule has 0 aromatic heterocycles. The molecule has 0 radical (unpaired) electrons. The van der Waals surface area contributed by atoms with Crippen LogP contribution in [0.2, 0.25) is 0 Å². The number of benzene rings is 2. The Kier molecular flexibility index (Phi) is 5.25. The highest BCUT2D eigenvalue weighted by molar-refractivity contribution is 5.89. The first-order valence-corrected chi connectivity index (χ1v) is 7.47. The van der Waals surface area contributed by atoms with Gasteiger partial charge in [0.05, 0.1) is 6.61 Å². The number of hydrogen-bond acceptors (Lipinski definition) is 2. The number of hydrogen-bond donors (Lipinski definition) is 1. The Bertz CT molecular complexity index is 640. The van der Waals surface area contributed by atoms with Gasteiger partial charge in [0, 0.05) is 29.5 Å². The quantitative estimate of drug-likeness (QED) is 0.629. The van der Waals surface area contributed by atoms with Gasteiger partial charge in [-0.25, -0.2) is 0 Å². The van der Waals surface area contributed by atoms with E-state index >= 15 is 0 Å². The molecule has 2 nitrogen and oxygen atoms in total. The first-order chi connectivity index (χ1) is 10.1. The Labute approximate surface area is 127 Å². The maximum absolute atomic E-state index is 6.01. The van der Waals surface area contributed by atoms with Gasteiger partial charge in [0.1, 0.15) is 5.75 Å². The maximum Gasteiger partial charge on any atom is 0.131 e. The number of nitrogens with one attached hydrogen (secondary N) is 1. The van der Waals surface area contributed by atoms with Gasteiger partial charge in [-0.2, -0.15) is 0 Å². The number of ether oxygens (including phenoxy) is 1. The highest BCUT2D eigenvalue weighted by atomic mass is 16.5. The van der Waals surface area contributed by atoms with Crippen molar-refractivity contribution in [3.05, 3.63) is 42.0 Å². The average molecular weight is 281 g/mol. The molecule has 2 rings (SSSR count). The Morgan fingerprint density at radius 2 is 1.90 bits per heavy atom. The van der Waals surface area contributed by atoms with E-state index in [4.69, 9.17) is 11.2 Å². The predicted molar refractivity (Wildman–Crippen MR) is 89.6 cm³/mol. The van der Waals surface area contributed by atoms with Gasteiger partial charge in [-0.3, -0.25) is 0 Å². The fourth-order valence-electron chi connectivity index (χ4n) is 2.56. The van der Waals surface area contributed by atoms with Gasteiger partial charge in [-0.05, 0) is 12.3 Å². The normalized spacial score (nSPS) is 12.3. The summed E-state index contributed by atoms with van der Waals surface area (Å²) in [6, 6.07) is 13.2. The van der Waals surface area contributed by atoms with Crippen LogP contribution in [0.5, 0.6) is 5.75 Å². The zero-order valence-electron chi connectivity index (χ0n) is 13.0. The van der Waals surface area contributed by atoms with Crippen molar-refractivity contribution in [1.82, 2.24) is 5.32 Å². The fourth-order valence-corrected chi connectivity index (χ4v) is 2.56. The van der Waals surface area contributed by atoms with Crippen molar-refractivity contribution >= 4 is 10.8 Å². The molecule has 0 heterocycles. The minimum Gasteiger partial charge on any atom is -0.492 e. The van der Waals surface area contributed by atoms with E-state index in [-0.39, 0.29) is 6.04 Å². The van der Waals surface area contributed by atoms with E-state index in [9.17, 15) is 0 Å². The van der Waals surface area contributed by atoms with E-state index < -0.39 is 0 Å². The number of terminal acetylenes is 1. The molecule has 21 heavy (non-hydrogen) atoms. The molecule has 0 fully saturated rings. The SMILES string of the molecule is C#CCCOc1c(C(C)NC(C)C)ccc2ccccc12. The second kappa shape index (κ2) is 7.15. The molecule has 0 saturated carbocycles. The summed E-state index contributed by atoms with van der Waals surface area (Å²) in [7, 11) is 0. The summed E-state index contributed by atoms with van der Waals surface area (Å²) in [6.07, 6.45) is 5.95. The lowest BCUT2D eigenvalue weighted by atomic mass is 10.0. The van der Waals surface area contributed by atoms with Crippen LogP contribution in [0.25, 0.3) is 10.8 Å². The van der Waals surface area contributed by atoms with Gasteiger partial charge in [-0.1, -0.05) is 50.2 Å². The second-order valence-corrected chi connectivity index (χ2v) is 5.55. The lowest BCUT2D eigenvalue weighted by Crippen LogP contribution is -2.26. The van der Waals surface area contributed by atoms with Gasteiger partial charge in [0.15, 0.2) is 0 Å². The maximum atomic E-state index is 6.01. The Morgan fingerprint density at radius 1 is 1.14 bits per heavy atom. The average Bonchev–Trinajstić information content (AvgIpc) is 2.46. The zero-order chi connectivity index (χ0) is 15.2. The fraction of sp³-hybridized carbons (Fsp3) is 0.368. The Hall–Kier alpha value is -1.98. The predicted octanol–water partition coefficient (Wildman–Crippen LogP) is 4.30. The molecular weight excluding hydrogens is 258 g/mol. The van der Waals surface area contributed by atoms with Crippen LogP contribution in [0.4, 0.5) is 0 Å². The lowest BCUT2D eigenvalue weighted by molar-refractivity contribution is 0.323. The molecule has 2 aromatic rings. The molecule has 1 atom stereocenters. The van der Waals surface area contributed by atoms with E-state index in [0.717, 1.165) is 11.1 Å². The summed E-state index contributed by atoms with van der Waals surface area (Å²) in [5, 5.41) is 5.87. The molecule has 110 valence electrons. The molecule has 0 aliphatic carbocycles. The Balaban J connectivity index is 2.43. The summed E-state index contributed by atoms with van der Waals surface area (Å²) >= 11 is 0. The highest BCUT2D eigenvalue weighted by Crippen LogP contribution is 2.34. The van der Waals surface area contributed by atoms with Crippen LogP contribution in [-0.2, 0) is 0 Å². The van der Waals surface area contributed by atoms with Crippen LogP contribution in [0.15, 0.2) is 36.4 Å². The van der Waals surface area contributed by atoms with Crippen molar-refractivity contribution in [2.45, 2.75) is 39.3 Å². The first-order valence-electron chi connectivity index (χ1n) is 7.47. The minimum absolute atomic E-state index is 0.232. The monoisotopic (exact) mass is 281 g/mol. The van der Waals surface area contributed by atoms with Crippen LogP contribution in [0, 0.1) is 12.3 Å². The van der Waals surface area contributed by atoms with Gasteiger partial charge in [0.2, 0.25) is 0 Å². The standard InChI is InChI=1S/C19H23NO/c1-5-6-13-21-19-17(15(4)20-14(2)3)12-11-16-9-7-8-10-18(16)19/h1,7-12,14-15,20H,6,13H2,2-4H3. The summed E-state index contributed by atoms with van der Waals surface area (Å²) in [4.78, 5) is 0. The van der Waals surface area contributed by atoms with E-state index in [0.29, 0.717) is 19.1 Å². The molecule has 0 saturated heterocycles. The first kappa shape index (κ1) is 15.4. The summed E-state index contributed by atoms with van der Waals surface area (Å²) in [5.74, 6) is 3.57. The van der Waals surface area contributed by atoms with Crippen molar-refractivity contribution < 1.29 is 4.74 Å². The summed E-state index contributed by atoms with van der Waals surface area (Å²) in [6.45, 7) is 7.01. The molecular formula is C19H23NO. The van der Waals surface area contributed by atoms with Crippen LogP contribution >= 0.6 is 0 Å². The van der Waals surface area contributed by atoms with Crippen molar-refractivity contribution in [1.29, 1.82) is 0 Å². The molecule has 0 spiro atoms. The minimum atomic E-state index is 0.232. The van der Waals surface area contributed by atoms with Crippen molar-refractivity contribution in [3.8, 4) is 18.1 Å². The van der Waals surface area contributed by atoms with Crippen molar-refractivity contribution in [2.24, 2.45) is 0 Å². The van der Waals surface area contributed by atoms with E-state index in [2.05, 4.69) is 56.3 Å². The zero-order valence-corrected chi connectivity index (χ0v) is 13.0. The van der Waals surface area contributed by atoms with Crippen molar-refractivity contribution in [3.63, 3.8) is 0 Å². The lowest BCUT2D eigenvalue weighted by Gasteiger charge is -2.21. The molecule has 0 amide bonds. The summed E-state index contributed by atoms with van der Waals surface area (Å²) < 4.78 is 6.01. The van der Waals surface area contributed by atoms with Crippen LogP contribution in [-0.4, -0.2) is 12.6 Å². The number of rotatable bonds is 6. The molecule has 2 heteroatoms. The Morgan fingerprint density at radius 3 is 2.62 bits per heavy atom. The molecule has 2 aromatic carbocycles. The van der Waals surface area contributed by atoms with Gasteiger partial charge in [-0.15, -0.1) is 12.3 Å². The molecule has 0 aliphatic heterocycles. The second-order valence-electron chi connectivity index (χ2n) is 5.55. The van der Waals surface area contributed by atoms with E-state index in [1.54, 1.807) is 0 Å². The topological polar surface area (TPSA) is 21.3 Å². The van der Waals surface area contributed by atoms with E-state index in [1.165, 1.54) is 10.9 Å². The largest absolute Gasteiger partial charge is 0.492 e. The molecule has 0 aliphatic rings. The third kappa shape index (κ3) is 3.77. The third-order valence-electron chi connectivity index (χ3n) is 3.45. The van der Waals surface area contributed by atoms with Gasteiger partial charge >= 0.3 is 0 Å². The number of fused-ring (bicyclic) bond motifs is 1. The van der Waals surface area contributed by atoms with Crippen LogP contribution in [0.3, 0.4) is 0 Å².